The van der Waals surface area contributed by atoms with Gasteiger partial charge in [-0.15, -0.1) is 0 Å². The van der Waals surface area contributed by atoms with Crippen molar-refractivity contribution in [2.24, 2.45) is 7.05 Å². The van der Waals surface area contributed by atoms with Crippen LogP contribution in [0, 0.1) is 0 Å². The van der Waals surface area contributed by atoms with Crippen molar-refractivity contribution in [1.82, 2.24) is 9.78 Å². The zero-order valence-electron chi connectivity index (χ0n) is 10.2. The van der Waals surface area contributed by atoms with Crippen LogP contribution in [0.5, 0.6) is 5.88 Å². The molecule has 0 bridgehead atoms. The number of rotatable bonds is 2. The van der Waals surface area contributed by atoms with Gasteiger partial charge in [0.05, 0.1) is 5.69 Å². The lowest BCUT2D eigenvalue weighted by Crippen LogP contribution is -2.28. The van der Waals surface area contributed by atoms with Crippen molar-refractivity contribution in [2.45, 2.75) is 31.7 Å². The smallest absolute Gasteiger partial charge is 0.356 e. The Morgan fingerprint density at radius 3 is 2.11 bits per heavy atom. The SMILES string of the molecule is Cn1nc(C(C)(C)C)cc1OS(=O)(=O)C(F)(F)F. The monoisotopic (exact) mass is 286 g/mol. The third-order valence-corrected chi connectivity index (χ3v) is 3.04. The molecule has 0 radical (unpaired) electrons. The predicted octanol–water partition coefficient (Wildman–Crippen LogP) is 1.95. The Hall–Kier alpha value is -1.25. The number of hydrogen-bond donors (Lipinski definition) is 0. The van der Waals surface area contributed by atoms with Crippen LogP contribution in [-0.4, -0.2) is 23.7 Å². The first-order valence-electron chi connectivity index (χ1n) is 4.90. The molecule has 0 aliphatic heterocycles. The summed E-state index contributed by atoms with van der Waals surface area (Å²) < 4.78 is 63.1. The maximum Gasteiger partial charge on any atom is 0.534 e. The molecule has 9 heteroatoms. The lowest BCUT2D eigenvalue weighted by Gasteiger charge is -2.13. The molecule has 5 nitrogen and oxygen atoms in total. The molecule has 18 heavy (non-hydrogen) atoms. The van der Waals surface area contributed by atoms with E-state index in [2.05, 4.69) is 9.28 Å². The van der Waals surface area contributed by atoms with Crippen LogP contribution in [0.15, 0.2) is 6.07 Å². The van der Waals surface area contributed by atoms with E-state index < -0.39 is 26.9 Å². The molecule has 1 rings (SSSR count). The second-order valence-corrected chi connectivity index (χ2v) is 6.26. The summed E-state index contributed by atoms with van der Waals surface area (Å²) in [5, 5.41) is 3.91. The Balaban J connectivity index is 3.12. The summed E-state index contributed by atoms with van der Waals surface area (Å²) in [7, 11) is -4.36. The number of halogens is 3. The standard InChI is InChI=1S/C9H13F3N2O3S/c1-8(2,3)6-5-7(14(4)13-6)17-18(15,16)9(10,11)12/h5H,1-4H3. The molecule has 0 fully saturated rings. The minimum atomic E-state index is -5.67. The van der Waals surface area contributed by atoms with Crippen molar-refractivity contribution < 1.29 is 25.8 Å². The molecule has 0 N–H and O–H groups in total. The molecule has 1 aromatic rings. The van der Waals surface area contributed by atoms with Gasteiger partial charge in [0.25, 0.3) is 0 Å². The van der Waals surface area contributed by atoms with E-state index in [1.165, 1.54) is 13.1 Å². The Labute approximate surface area is 103 Å². The van der Waals surface area contributed by atoms with Gasteiger partial charge in [0.2, 0.25) is 5.88 Å². The summed E-state index contributed by atoms with van der Waals surface area (Å²) in [4.78, 5) is 0. The summed E-state index contributed by atoms with van der Waals surface area (Å²) in [5.74, 6) is -0.475. The topological polar surface area (TPSA) is 61.2 Å². The first kappa shape index (κ1) is 14.8. The molecule has 1 aromatic heterocycles. The Bertz CT molecular complexity index is 540. The molecule has 0 spiro atoms. The normalized spacial score (nSPS) is 13.7. The number of aromatic nitrogens is 2. The van der Waals surface area contributed by atoms with E-state index >= 15 is 0 Å². The van der Waals surface area contributed by atoms with Gasteiger partial charge in [-0.3, -0.25) is 0 Å². The van der Waals surface area contributed by atoms with E-state index in [0.717, 1.165) is 4.68 Å². The van der Waals surface area contributed by atoms with Gasteiger partial charge < -0.3 is 4.18 Å². The van der Waals surface area contributed by atoms with E-state index in [9.17, 15) is 21.6 Å². The highest BCUT2D eigenvalue weighted by atomic mass is 32.2. The van der Waals surface area contributed by atoms with Crippen LogP contribution >= 0.6 is 0 Å². The van der Waals surface area contributed by atoms with Crippen LogP contribution in [0.1, 0.15) is 26.5 Å². The molecule has 0 aliphatic carbocycles. The molecule has 0 amide bonds. The van der Waals surface area contributed by atoms with E-state index in [-0.39, 0.29) is 0 Å². The third kappa shape index (κ3) is 2.95. The van der Waals surface area contributed by atoms with E-state index in [1.807, 2.05) is 0 Å². The van der Waals surface area contributed by atoms with Gasteiger partial charge in [0.1, 0.15) is 0 Å². The summed E-state index contributed by atoms with van der Waals surface area (Å²) >= 11 is 0. The lowest BCUT2D eigenvalue weighted by atomic mass is 9.93. The highest BCUT2D eigenvalue weighted by molar-refractivity contribution is 7.87. The molecule has 0 saturated carbocycles. The van der Waals surface area contributed by atoms with Crippen molar-refractivity contribution in [1.29, 1.82) is 0 Å². The fourth-order valence-electron chi connectivity index (χ4n) is 1.05. The predicted molar refractivity (Wildman–Crippen MR) is 57.5 cm³/mol. The lowest BCUT2D eigenvalue weighted by molar-refractivity contribution is -0.0502. The first-order chi connectivity index (χ1) is 7.84. The van der Waals surface area contributed by atoms with Crippen LogP contribution in [-0.2, 0) is 22.6 Å². The van der Waals surface area contributed by atoms with Crippen molar-refractivity contribution in [3.63, 3.8) is 0 Å². The number of aryl methyl sites for hydroxylation is 1. The molecular weight excluding hydrogens is 273 g/mol. The second kappa shape index (κ2) is 4.15. The largest absolute Gasteiger partial charge is 0.534 e. The highest BCUT2D eigenvalue weighted by Crippen LogP contribution is 2.29. The summed E-state index contributed by atoms with van der Waals surface area (Å²) in [6, 6.07) is 1.17. The van der Waals surface area contributed by atoms with Crippen LogP contribution in [0.3, 0.4) is 0 Å². The van der Waals surface area contributed by atoms with E-state index in [0.29, 0.717) is 5.69 Å². The van der Waals surface area contributed by atoms with E-state index in [4.69, 9.17) is 0 Å². The first-order valence-corrected chi connectivity index (χ1v) is 6.31. The van der Waals surface area contributed by atoms with Crippen molar-refractivity contribution in [3.8, 4) is 5.88 Å². The summed E-state index contributed by atoms with van der Waals surface area (Å²) in [6.07, 6.45) is 0. The fraction of sp³-hybridized carbons (Fsp3) is 0.667. The van der Waals surface area contributed by atoms with Gasteiger partial charge in [-0.2, -0.15) is 26.7 Å². The zero-order valence-corrected chi connectivity index (χ0v) is 11.1. The van der Waals surface area contributed by atoms with Crippen molar-refractivity contribution >= 4 is 10.1 Å². The molecule has 0 atom stereocenters. The maximum absolute atomic E-state index is 12.1. The van der Waals surface area contributed by atoms with Crippen LogP contribution in [0.2, 0.25) is 0 Å². The average molecular weight is 286 g/mol. The minimum absolute atomic E-state index is 0.428. The average Bonchev–Trinajstić information content (AvgIpc) is 2.44. The van der Waals surface area contributed by atoms with Gasteiger partial charge >= 0.3 is 15.6 Å². The van der Waals surface area contributed by atoms with Crippen molar-refractivity contribution in [3.05, 3.63) is 11.8 Å². The quantitative estimate of drug-likeness (QED) is 0.616. The molecule has 0 unspecified atom stereocenters. The number of nitrogens with zero attached hydrogens (tertiary/aromatic N) is 2. The molecular formula is C9H13F3N2O3S. The van der Waals surface area contributed by atoms with Crippen LogP contribution in [0.4, 0.5) is 13.2 Å². The van der Waals surface area contributed by atoms with Gasteiger partial charge in [0, 0.05) is 18.5 Å². The Kier molecular flexibility index (Phi) is 3.41. The van der Waals surface area contributed by atoms with Gasteiger partial charge in [-0.25, -0.2) is 4.68 Å². The highest BCUT2D eigenvalue weighted by Gasteiger charge is 2.49. The zero-order chi connectivity index (χ0) is 14.4. The third-order valence-electron chi connectivity index (χ3n) is 2.08. The van der Waals surface area contributed by atoms with E-state index in [1.54, 1.807) is 20.8 Å². The Morgan fingerprint density at radius 1 is 1.28 bits per heavy atom. The van der Waals surface area contributed by atoms with Gasteiger partial charge in [0.15, 0.2) is 0 Å². The summed E-state index contributed by atoms with van der Waals surface area (Å²) in [6.45, 7) is 5.37. The minimum Gasteiger partial charge on any atom is -0.356 e. The summed E-state index contributed by atoms with van der Waals surface area (Å²) in [5.41, 5.74) is -5.46. The Morgan fingerprint density at radius 2 is 1.78 bits per heavy atom. The molecule has 0 saturated heterocycles. The van der Waals surface area contributed by atoms with Crippen molar-refractivity contribution in [2.75, 3.05) is 0 Å². The maximum atomic E-state index is 12.1. The van der Waals surface area contributed by atoms with Crippen LogP contribution < -0.4 is 4.18 Å². The molecule has 1 heterocycles. The number of hydrogen-bond acceptors (Lipinski definition) is 4. The number of alkyl halides is 3. The second-order valence-electron chi connectivity index (χ2n) is 4.72. The molecule has 0 aromatic carbocycles. The fourth-order valence-corrected chi connectivity index (χ4v) is 1.53. The van der Waals surface area contributed by atoms with Crippen LogP contribution in [0.25, 0.3) is 0 Å². The molecule has 104 valence electrons. The van der Waals surface area contributed by atoms with Gasteiger partial charge in [-0.1, -0.05) is 20.8 Å². The van der Waals surface area contributed by atoms with Gasteiger partial charge in [-0.05, 0) is 0 Å². The molecule has 0 aliphatic rings.